The molecule has 1 saturated heterocycles. The molecule has 1 fully saturated rings. The number of esters is 1. The number of nitrogens with one attached hydrogen (secondary N) is 2. The van der Waals surface area contributed by atoms with Crippen LogP contribution in [0.1, 0.15) is 100 Å². The molecule has 376 valence electrons. The third-order valence-corrected chi connectivity index (χ3v) is 14.3. The first-order valence-electron chi connectivity index (χ1n) is 23.9. The van der Waals surface area contributed by atoms with E-state index in [2.05, 4.69) is 70.9 Å². The van der Waals surface area contributed by atoms with E-state index >= 15 is 0 Å². The molecule has 0 saturated carbocycles. The Balaban J connectivity index is 0.959. The van der Waals surface area contributed by atoms with Crippen LogP contribution in [0.4, 0.5) is 11.4 Å². The Morgan fingerprint density at radius 3 is 2.32 bits per heavy atom. The highest BCUT2D eigenvalue weighted by atomic mass is 79.9. The number of rotatable bonds is 19. The first kappa shape index (κ1) is 52.6. The number of hydrogen-bond acceptors (Lipinski definition) is 13. The number of hydrogen-bond donors (Lipinski definition) is 2. The van der Waals surface area contributed by atoms with Gasteiger partial charge < -0.3 is 39.0 Å². The number of benzene rings is 2. The first-order chi connectivity index (χ1) is 33.8. The van der Waals surface area contributed by atoms with E-state index in [1.54, 1.807) is 17.7 Å². The summed E-state index contributed by atoms with van der Waals surface area (Å²) in [7, 11) is 0. The van der Waals surface area contributed by atoms with E-state index in [4.69, 9.17) is 19.0 Å². The Morgan fingerprint density at radius 2 is 1.69 bits per heavy atom. The van der Waals surface area contributed by atoms with Crippen molar-refractivity contribution < 1.29 is 33.2 Å². The molecule has 2 aromatic carbocycles. The van der Waals surface area contributed by atoms with Crippen molar-refractivity contribution in [3.8, 4) is 27.3 Å². The minimum atomic E-state index is -0.997. The van der Waals surface area contributed by atoms with Crippen molar-refractivity contribution in [2.45, 2.75) is 119 Å². The topological polar surface area (TPSA) is 187 Å². The van der Waals surface area contributed by atoms with Crippen LogP contribution in [0.25, 0.3) is 27.3 Å². The van der Waals surface area contributed by atoms with Gasteiger partial charge in [-0.25, -0.2) is 9.97 Å². The minimum Gasteiger partial charge on any atom is -0.461 e. The Morgan fingerprint density at radius 1 is 0.930 bits per heavy atom. The number of likely N-dealkylation sites (tertiary alicyclic amines) is 1. The van der Waals surface area contributed by atoms with Gasteiger partial charge in [-0.05, 0) is 118 Å². The standard InChI is InChI=1S/C53H64BrN9O7S/c1-31-26-61(29-56-31)44-19-18-41(23-43(44)54)62(45-22-40(25-55-33(45)3)48-34(4)60-70-36(48)6)20-12-11-13-21-68-28-47(65)59-50(53(8,9)10)52(67)63-27-42(69-37(7)64)24-46(63)51(66)58-32(2)38-14-16-39(17-15-38)49-35(5)57-30-71-49/h14-19,22-23,25-26,29-30,32,42,46,50H,11-13,20-21,24,27-28H2,1-10H3,(H,58,66)(H,59,65)/t32-,42+,46-,50+/m0/s1. The monoisotopic (exact) mass is 1050 g/mol. The number of anilines is 2. The number of aryl methyl sites for hydroxylation is 5. The van der Waals surface area contributed by atoms with Crippen LogP contribution in [-0.2, 0) is 28.7 Å². The lowest BCUT2D eigenvalue weighted by Crippen LogP contribution is -2.58. The minimum absolute atomic E-state index is 0.0146. The summed E-state index contributed by atoms with van der Waals surface area (Å²) in [5, 5.41) is 10.2. The largest absolute Gasteiger partial charge is 0.461 e. The van der Waals surface area contributed by atoms with Crippen molar-refractivity contribution in [1.29, 1.82) is 0 Å². The molecule has 5 heterocycles. The molecular formula is C53H64BrN9O7S. The van der Waals surface area contributed by atoms with Crippen LogP contribution in [0.2, 0.25) is 0 Å². The fourth-order valence-corrected chi connectivity index (χ4v) is 10.4. The highest BCUT2D eigenvalue weighted by Crippen LogP contribution is 2.37. The SMILES string of the molecule is CC(=O)O[C@@H]1C[C@@H](C(=O)N[C@@H](C)c2ccc(-c3scnc3C)cc2)N(C(=O)[C@@H](NC(=O)COCCCCCN(c2ccc(-n3cnc(C)c3)c(Br)c2)c2cc(-c3c(C)noc3C)cnc2C)C(C)(C)C)C1. The summed E-state index contributed by atoms with van der Waals surface area (Å²) in [6.45, 7) is 19.3. The average molecular weight is 1050 g/mol. The Labute approximate surface area is 428 Å². The second-order valence-electron chi connectivity index (χ2n) is 19.3. The summed E-state index contributed by atoms with van der Waals surface area (Å²) in [6, 6.07) is 14.0. The molecule has 1 aliphatic rings. The molecule has 0 aliphatic carbocycles. The van der Waals surface area contributed by atoms with Crippen molar-refractivity contribution in [3.05, 3.63) is 111 Å². The number of nitrogens with zero attached hydrogens (tertiary/aromatic N) is 7. The molecule has 0 unspecified atom stereocenters. The zero-order valence-electron chi connectivity index (χ0n) is 42.2. The fourth-order valence-electron chi connectivity index (χ4n) is 8.98. The Bertz CT molecular complexity index is 2830. The van der Waals surface area contributed by atoms with E-state index in [9.17, 15) is 19.2 Å². The number of pyridine rings is 1. The van der Waals surface area contributed by atoms with Gasteiger partial charge in [0, 0.05) is 60.2 Å². The van der Waals surface area contributed by atoms with Crippen molar-refractivity contribution >= 4 is 62.3 Å². The molecule has 4 atom stereocenters. The molecule has 2 N–H and O–H groups in total. The molecule has 6 aromatic rings. The molecule has 3 amide bonds. The van der Waals surface area contributed by atoms with E-state index in [-0.39, 0.29) is 31.5 Å². The summed E-state index contributed by atoms with van der Waals surface area (Å²) < 4.78 is 19.8. The molecule has 0 spiro atoms. The molecule has 1 aliphatic heterocycles. The van der Waals surface area contributed by atoms with Crippen molar-refractivity contribution in [2.24, 2.45) is 5.41 Å². The zero-order chi connectivity index (χ0) is 51.1. The molecule has 7 rings (SSSR count). The van der Waals surface area contributed by atoms with Crippen LogP contribution in [0.3, 0.4) is 0 Å². The number of amides is 3. The third-order valence-electron chi connectivity index (χ3n) is 12.7. The van der Waals surface area contributed by atoms with Crippen LogP contribution in [0.15, 0.2) is 81.8 Å². The van der Waals surface area contributed by atoms with Gasteiger partial charge >= 0.3 is 5.97 Å². The average Bonchev–Trinajstić information content (AvgIpc) is 4.13. The highest BCUT2D eigenvalue weighted by Gasteiger charge is 2.46. The predicted molar refractivity (Wildman–Crippen MR) is 278 cm³/mol. The third kappa shape index (κ3) is 12.8. The van der Waals surface area contributed by atoms with E-state index in [1.165, 1.54) is 11.8 Å². The van der Waals surface area contributed by atoms with Crippen molar-refractivity contribution in [2.75, 3.05) is 31.2 Å². The zero-order valence-corrected chi connectivity index (χ0v) is 44.6. The maximum Gasteiger partial charge on any atom is 0.302 e. The number of unbranched alkanes of at least 4 members (excludes halogenated alkanes) is 2. The molecule has 71 heavy (non-hydrogen) atoms. The highest BCUT2D eigenvalue weighted by molar-refractivity contribution is 9.10. The number of aromatic nitrogens is 5. The summed E-state index contributed by atoms with van der Waals surface area (Å²) in [5.41, 5.74) is 11.3. The number of carbonyl (C=O) groups is 4. The van der Waals surface area contributed by atoms with Gasteiger partial charge in [0.05, 0.1) is 63.5 Å². The summed E-state index contributed by atoms with van der Waals surface area (Å²) in [5.74, 6) is -1.05. The quantitative estimate of drug-likeness (QED) is 0.0579. The van der Waals surface area contributed by atoms with Crippen LogP contribution in [-0.4, -0.2) is 97.8 Å². The summed E-state index contributed by atoms with van der Waals surface area (Å²) in [6.07, 6.45) is 7.39. The Hall–Kier alpha value is -6.24. The van der Waals surface area contributed by atoms with E-state index in [0.717, 1.165) is 90.0 Å². The molecular weight excluding hydrogens is 987 g/mol. The smallest absolute Gasteiger partial charge is 0.302 e. The van der Waals surface area contributed by atoms with Crippen LogP contribution < -0.4 is 15.5 Å². The van der Waals surface area contributed by atoms with Crippen LogP contribution in [0, 0.1) is 40.0 Å². The maximum absolute atomic E-state index is 14.5. The molecule has 4 aromatic heterocycles. The van der Waals surface area contributed by atoms with Gasteiger partial charge in [-0.15, -0.1) is 11.3 Å². The van der Waals surface area contributed by atoms with Gasteiger partial charge in [0.15, 0.2) is 0 Å². The Kier molecular flexibility index (Phi) is 16.9. The maximum atomic E-state index is 14.5. The van der Waals surface area contributed by atoms with E-state index in [1.807, 2.05) is 109 Å². The van der Waals surface area contributed by atoms with E-state index in [0.29, 0.717) is 19.6 Å². The number of imidazole rings is 1. The van der Waals surface area contributed by atoms with Gasteiger partial charge in [-0.2, -0.15) is 0 Å². The summed E-state index contributed by atoms with van der Waals surface area (Å²) >= 11 is 5.39. The fraction of sp³-hybridized carbons (Fsp3) is 0.434. The lowest BCUT2D eigenvalue weighted by Gasteiger charge is -2.35. The van der Waals surface area contributed by atoms with Gasteiger partial charge in [0.25, 0.3) is 0 Å². The second kappa shape index (κ2) is 22.9. The predicted octanol–water partition coefficient (Wildman–Crippen LogP) is 9.62. The van der Waals surface area contributed by atoms with Gasteiger partial charge in [-0.1, -0.05) is 50.2 Å². The number of carbonyl (C=O) groups excluding carboxylic acids is 4. The molecule has 0 bridgehead atoms. The molecule has 0 radical (unpaired) electrons. The first-order valence-corrected chi connectivity index (χ1v) is 25.6. The number of ether oxygens (including phenoxy) is 2. The molecule has 18 heteroatoms. The molecule has 16 nitrogen and oxygen atoms in total. The van der Waals surface area contributed by atoms with Crippen molar-refractivity contribution in [1.82, 2.24) is 40.2 Å². The van der Waals surface area contributed by atoms with Gasteiger partial charge in [0.1, 0.15) is 30.6 Å². The van der Waals surface area contributed by atoms with Gasteiger partial charge in [0.2, 0.25) is 17.7 Å². The second-order valence-corrected chi connectivity index (χ2v) is 21.0. The normalized spacial score (nSPS) is 15.6. The number of thiazole rings is 1. The van der Waals surface area contributed by atoms with Gasteiger partial charge in [-0.3, -0.25) is 24.2 Å². The van der Waals surface area contributed by atoms with Crippen LogP contribution >= 0.6 is 27.3 Å². The van der Waals surface area contributed by atoms with Crippen molar-refractivity contribution in [3.63, 3.8) is 0 Å². The van der Waals surface area contributed by atoms with Crippen LogP contribution in [0.5, 0.6) is 0 Å². The summed E-state index contributed by atoms with van der Waals surface area (Å²) in [4.78, 5) is 72.4. The lowest BCUT2D eigenvalue weighted by molar-refractivity contribution is -0.147. The lowest BCUT2D eigenvalue weighted by atomic mass is 9.85. The number of halogens is 1. The van der Waals surface area contributed by atoms with E-state index < -0.39 is 41.4 Å².